The predicted molar refractivity (Wildman–Crippen MR) is 139 cm³/mol. The number of hydrogen-bond acceptors (Lipinski definition) is 2. The van der Waals surface area contributed by atoms with Gasteiger partial charge >= 0.3 is 5.97 Å². The molecule has 31 heavy (non-hydrogen) atoms. The molecule has 0 heterocycles. The van der Waals surface area contributed by atoms with Gasteiger partial charge in [-0.3, -0.25) is 0 Å². The summed E-state index contributed by atoms with van der Waals surface area (Å²) in [6, 6.07) is 0. The number of unbranched alkanes of at least 4 members (excludes halogenated alkanes) is 1. The molecule has 0 saturated heterocycles. The van der Waals surface area contributed by atoms with E-state index in [0.717, 1.165) is 62.5 Å². The summed E-state index contributed by atoms with van der Waals surface area (Å²) in [5.74, 6) is -0.131. The molecule has 0 atom stereocenters. The zero-order valence-electron chi connectivity index (χ0n) is 22.7. The van der Waals surface area contributed by atoms with E-state index in [1.807, 2.05) is 27.7 Å². The van der Waals surface area contributed by atoms with Gasteiger partial charge in [0.1, 0.15) is 0 Å². The van der Waals surface area contributed by atoms with E-state index in [4.69, 9.17) is 4.74 Å². The van der Waals surface area contributed by atoms with Gasteiger partial charge in [-0.1, -0.05) is 98.8 Å². The fraction of sp³-hybridized carbons (Fsp3) is 0.759. The van der Waals surface area contributed by atoms with Crippen LogP contribution in [0.25, 0.3) is 0 Å². The lowest BCUT2D eigenvalue weighted by Crippen LogP contribution is -2.29. The van der Waals surface area contributed by atoms with Crippen LogP contribution in [0.3, 0.4) is 0 Å². The van der Waals surface area contributed by atoms with E-state index < -0.39 is 0 Å². The Morgan fingerprint density at radius 2 is 1.55 bits per heavy atom. The topological polar surface area (TPSA) is 26.3 Å². The molecular weight excluding hydrogens is 380 g/mol. The maximum Gasteiger partial charge on any atom is 0.338 e. The van der Waals surface area contributed by atoms with Gasteiger partial charge in [-0.15, -0.1) is 0 Å². The smallest absolute Gasteiger partial charge is 0.338 e. The molecule has 0 aromatic heterocycles. The second-order valence-electron chi connectivity index (χ2n) is 8.29. The van der Waals surface area contributed by atoms with Crippen LogP contribution in [-0.2, 0) is 9.53 Å². The lowest BCUT2D eigenvalue weighted by molar-refractivity contribution is -0.143. The molecule has 0 aromatic rings. The van der Waals surface area contributed by atoms with Crippen LogP contribution in [0.15, 0.2) is 34.4 Å². The van der Waals surface area contributed by atoms with Crippen LogP contribution < -0.4 is 0 Å². The SMILES string of the molecule is CC.CC.CC/C=C(/C(=O)OCC(CCC)(CCC)CCCC)C1=C(C)CCC=C1C. The molecule has 0 aromatic carbocycles. The minimum atomic E-state index is -0.131. The lowest BCUT2D eigenvalue weighted by atomic mass is 9.76. The average molecular weight is 435 g/mol. The molecule has 0 fully saturated rings. The molecule has 1 aliphatic carbocycles. The molecule has 0 unspecified atom stereocenters. The molecule has 0 saturated carbocycles. The van der Waals surface area contributed by atoms with Crippen LogP contribution >= 0.6 is 0 Å². The highest BCUT2D eigenvalue weighted by Crippen LogP contribution is 2.37. The number of hydrogen-bond donors (Lipinski definition) is 0. The van der Waals surface area contributed by atoms with Crippen LogP contribution in [0.1, 0.15) is 133 Å². The van der Waals surface area contributed by atoms with E-state index in [9.17, 15) is 4.79 Å². The van der Waals surface area contributed by atoms with Crippen molar-refractivity contribution in [1.82, 2.24) is 0 Å². The highest BCUT2D eigenvalue weighted by molar-refractivity contribution is 5.95. The Bertz CT molecular complexity index is 557. The van der Waals surface area contributed by atoms with Crippen LogP contribution in [0, 0.1) is 5.41 Å². The summed E-state index contributed by atoms with van der Waals surface area (Å²) in [7, 11) is 0. The van der Waals surface area contributed by atoms with Gasteiger partial charge in [0.25, 0.3) is 0 Å². The van der Waals surface area contributed by atoms with Gasteiger partial charge in [-0.05, 0) is 63.5 Å². The van der Waals surface area contributed by atoms with Gasteiger partial charge in [0.05, 0.1) is 12.2 Å². The maximum atomic E-state index is 13.1. The lowest BCUT2D eigenvalue weighted by Gasteiger charge is -2.33. The van der Waals surface area contributed by atoms with E-state index in [0.29, 0.717) is 6.61 Å². The van der Waals surface area contributed by atoms with Crippen molar-refractivity contribution in [3.63, 3.8) is 0 Å². The number of allylic oxidation sites excluding steroid dienone is 4. The zero-order chi connectivity index (χ0) is 24.3. The molecule has 2 heteroatoms. The standard InChI is InChI=1S/C25H42O2.2C2H6/c1-7-11-18-25(16-9-3,17-10-4)19-27-24(26)22(13-8-2)23-20(5)14-12-15-21(23)6;2*1-2/h13-14H,7-12,15-19H2,1-6H3;2*1-2H3/b22-13+;;. The summed E-state index contributed by atoms with van der Waals surface area (Å²) < 4.78 is 6.01. The monoisotopic (exact) mass is 434 g/mol. The molecule has 2 nitrogen and oxygen atoms in total. The van der Waals surface area contributed by atoms with Crippen LogP contribution in [0.2, 0.25) is 0 Å². The van der Waals surface area contributed by atoms with Gasteiger partial charge < -0.3 is 4.74 Å². The van der Waals surface area contributed by atoms with Crippen LogP contribution in [-0.4, -0.2) is 12.6 Å². The third-order valence-electron chi connectivity index (χ3n) is 5.82. The highest BCUT2D eigenvalue weighted by Gasteiger charge is 2.31. The summed E-state index contributed by atoms with van der Waals surface area (Å²) in [5, 5.41) is 0. The minimum absolute atomic E-state index is 0.131. The molecule has 1 rings (SSSR count). The molecule has 0 spiro atoms. The maximum absolute atomic E-state index is 13.1. The van der Waals surface area contributed by atoms with Crippen molar-refractivity contribution in [2.45, 2.75) is 133 Å². The number of esters is 1. The van der Waals surface area contributed by atoms with Crippen LogP contribution in [0.5, 0.6) is 0 Å². The van der Waals surface area contributed by atoms with Gasteiger partial charge in [-0.2, -0.15) is 0 Å². The highest BCUT2D eigenvalue weighted by atomic mass is 16.5. The largest absolute Gasteiger partial charge is 0.461 e. The fourth-order valence-electron chi connectivity index (χ4n) is 4.50. The van der Waals surface area contributed by atoms with E-state index in [-0.39, 0.29) is 11.4 Å². The van der Waals surface area contributed by atoms with Gasteiger partial charge in [0.15, 0.2) is 0 Å². The van der Waals surface area contributed by atoms with Crippen molar-refractivity contribution in [2.24, 2.45) is 5.41 Å². The second-order valence-corrected chi connectivity index (χ2v) is 8.29. The molecule has 0 bridgehead atoms. The molecule has 0 N–H and O–H groups in total. The summed E-state index contributed by atoms with van der Waals surface area (Å²) in [5.41, 5.74) is 4.58. The Hall–Kier alpha value is -1.31. The van der Waals surface area contributed by atoms with E-state index in [2.05, 4.69) is 53.7 Å². The summed E-state index contributed by atoms with van der Waals surface area (Å²) in [6.07, 6.45) is 15.4. The Kier molecular flexibility index (Phi) is 19.9. The molecular formula is C29H54O2. The Labute approximate surface area is 195 Å². The van der Waals surface area contributed by atoms with Crippen molar-refractivity contribution < 1.29 is 9.53 Å². The van der Waals surface area contributed by atoms with Gasteiger partial charge in [0, 0.05) is 5.41 Å². The van der Waals surface area contributed by atoms with Crippen LogP contribution in [0.4, 0.5) is 0 Å². The zero-order valence-corrected chi connectivity index (χ0v) is 22.7. The first-order chi connectivity index (χ1) is 14.9. The fourth-order valence-corrected chi connectivity index (χ4v) is 4.50. The molecule has 0 amide bonds. The first-order valence-corrected chi connectivity index (χ1v) is 13.2. The Morgan fingerprint density at radius 1 is 0.968 bits per heavy atom. The first-order valence-electron chi connectivity index (χ1n) is 13.2. The van der Waals surface area contributed by atoms with E-state index in [1.165, 1.54) is 24.0 Å². The third-order valence-corrected chi connectivity index (χ3v) is 5.82. The Balaban J connectivity index is 0. The predicted octanol–water partition coefficient (Wildman–Crippen LogP) is 9.75. The molecule has 0 radical (unpaired) electrons. The first kappa shape index (κ1) is 31.9. The molecule has 1 aliphatic rings. The van der Waals surface area contributed by atoms with Crippen molar-refractivity contribution in [1.29, 1.82) is 0 Å². The molecule has 0 aliphatic heterocycles. The van der Waals surface area contributed by atoms with Gasteiger partial charge in [-0.25, -0.2) is 4.79 Å². The summed E-state index contributed by atoms with van der Waals surface area (Å²) in [6.45, 7) is 21.6. The molecule has 182 valence electrons. The second kappa shape index (κ2) is 19.4. The normalized spacial score (nSPS) is 14.1. The van der Waals surface area contributed by atoms with Crippen molar-refractivity contribution >= 4 is 5.97 Å². The van der Waals surface area contributed by atoms with E-state index >= 15 is 0 Å². The minimum Gasteiger partial charge on any atom is -0.461 e. The number of rotatable bonds is 12. The summed E-state index contributed by atoms with van der Waals surface area (Å²) in [4.78, 5) is 13.1. The van der Waals surface area contributed by atoms with Crippen molar-refractivity contribution in [3.8, 4) is 0 Å². The Morgan fingerprint density at radius 3 is 2.00 bits per heavy atom. The summed E-state index contributed by atoms with van der Waals surface area (Å²) >= 11 is 0. The van der Waals surface area contributed by atoms with Crippen molar-refractivity contribution in [2.75, 3.05) is 6.61 Å². The number of ether oxygens (including phenoxy) is 1. The van der Waals surface area contributed by atoms with E-state index in [1.54, 1.807) is 0 Å². The average Bonchev–Trinajstić information content (AvgIpc) is 2.78. The van der Waals surface area contributed by atoms with Gasteiger partial charge in [0.2, 0.25) is 0 Å². The van der Waals surface area contributed by atoms with Crippen molar-refractivity contribution in [3.05, 3.63) is 34.4 Å². The number of carbonyl (C=O) groups is 1. The number of carbonyl (C=O) groups excluding carboxylic acids is 1. The quantitative estimate of drug-likeness (QED) is 0.226. The third kappa shape index (κ3) is 11.2.